The second-order valence-corrected chi connectivity index (χ2v) is 7.78. The predicted octanol–water partition coefficient (Wildman–Crippen LogP) is 1.07. The summed E-state index contributed by atoms with van der Waals surface area (Å²) in [5.41, 5.74) is 0. The van der Waals surface area contributed by atoms with Gasteiger partial charge in [0.05, 0.1) is 11.4 Å². The Bertz CT molecular complexity index is 836. The van der Waals surface area contributed by atoms with E-state index in [1.54, 1.807) is 10.7 Å². The summed E-state index contributed by atoms with van der Waals surface area (Å²) >= 11 is 0. The molecule has 1 aromatic carbocycles. The average molecular weight is 367 g/mol. The van der Waals surface area contributed by atoms with Gasteiger partial charge in [0.1, 0.15) is 13.2 Å². The van der Waals surface area contributed by atoms with Gasteiger partial charge in [-0.15, -0.1) is 5.10 Å². The van der Waals surface area contributed by atoms with Crippen LogP contribution in [0.15, 0.2) is 23.1 Å². The Hall–Kier alpha value is -2.20. The zero-order chi connectivity index (χ0) is 17.9. The summed E-state index contributed by atoms with van der Waals surface area (Å²) < 4.78 is 39.4. The molecule has 0 fully saturated rings. The van der Waals surface area contributed by atoms with Gasteiger partial charge in [0.15, 0.2) is 17.3 Å². The second kappa shape index (κ2) is 7.36. The first kappa shape index (κ1) is 17.6. The summed E-state index contributed by atoms with van der Waals surface area (Å²) in [7, 11) is -2.19. The van der Waals surface area contributed by atoms with E-state index >= 15 is 0 Å². The molecule has 2 aromatic rings. The van der Waals surface area contributed by atoms with Gasteiger partial charge in [0, 0.05) is 19.7 Å². The molecule has 0 spiro atoms. The van der Waals surface area contributed by atoms with Crippen LogP contribution >= 0.6 is 0 Å². The van der Waals surface area contributed by atoms with E-state index in [0.717, 1.165) is 12.8 Å². The topological polar surface area (TPSA) is 99.4 Å². The van der Waals surface area contributed by atoms with Crippen LogP contribution in [0.4, 0.5) is 0 Å². The third-order valence-corrected chi connectivity index (χ3v) is 5.71. The molecule has 0 bridgehead atoms. The number of hydrogen-bond acceptors (Lipinski definition) is 7. The molecule has 1 aliphatic heterocycles. The molecule has 2 heterocycles. The van der Waals surface area contributed by atoms with Crippen molar-refractivity contribution in [1.82, 2.24) is 24.5 Å². The zero-order valence-electron chi connectivity index (χ0n) is 14.3. The van der Waals surface area contributed by atoms with Crippen molar-refractivity contribution in [2.24, 2.45) is 0 Å². The summed E-state index contributed by atoms with van der Waals surface area (Å²) in [6.45, 7) is 3.69. The first-order chi connectivity index (χ1) is 12.0. The highest BCUT2D eigenvalue weighted by Gasteiger charge is 2.25. The lowest BCUT2D eigenvalue weighted by atomic mass is 10.3. The Balaban J connectivity index is 1.79. The maximum Gasteiger partial charge on any atom is 0.243 e. The minimum absolute atomic E-state index is 0.0908. The number of sulfonamides is 1. The maximum absolute atomic E-state index is 12.8. The third-order valence-electron chi connectivity index (χ3n) is 3.92. The number of fused-ring (bicyclic) bond motifs is 1. The van der Waals surface area contributed by atoms with Crippen LogP contribution in [0.1, 0.15) is 25.6 Å². The fourth-order valence-corrected chi connectivity index (χ4v) is 3.61. The van der Waals surface area contributed by atoms with E-state index in [9.17, 15) is 8.42 Å². The molecule has 0 unspecified atom stereocenters. The maximum atomic E-state index is 12.8. The lowest BCUT2D eigenvalue weighted by Crippen LogP contribution is -2.28. The number of aromatic nitrogens is 4. The monoisotopic (exact) mass is 367 g/mol. The lowest BCUT2D eigenvalue weighted by Gasteiger charge is -2.21. The minimum atomic E-state index is -3.70. The standard InChI is InChI=1S/C15H21N5O4S/c1-3-4-7-20-15(16-17-18-20)11-19(2)25(21,22)12-5-6-13-14(10-12)24-9-8-23-13/h5-6,10H,3-4,7-9,11H2,1-2H3. The van der Waals surface area contributed by atoms with E-state index in [0.29, 0.717) is 37.1 Å². The van der Waals surface area contributed by atoms with Gasteiger partial charge in [0.25, 0.3) is 0 Å². The lowest BCUT2D eigenvalue weighted by molar-refractivity contribution is 0.171. The molecule has 0 radical (unpaired) electrons. The third kappa shape index (κ3) is 3.74. The number of ether oxygens (including phenoxy) is 2. The molecule has 1 aliphatic rings. The van der Waals surface area contributed by atoms with Crippen LogP contribution in [-0.2, 0) is 23.1 Å². The van der Waals surface area contributed by atoms with Gasteiger partial charge in [-0.25, -0.2) is 13.1 Å². The van der Waals surface area contributed by atoms with Gasteiger partial charge in [-0.05, 0) is 29.0 Å². The van der Waals surface area contributed by atoms with Crippen LogP contribution in [0.5, 0.6) is 11.5 Å². The molecule has 9 nitrogen and oxygen atoms in total. The summed E-state index contributed by atoms with van der Waals surface area (Å²) in [4.78, 5) is 0.145. The number of tetrazole rings is 1. The zero-order valence-corrected chi connectivity index (χ0v) is 15.1. The predicted molar refractivity (Wildman–Crippen MR) is 88.8 cm³/mol. The van der Waals surface area contributed by atoms with Gasteiger partial charge >= 0.3 is 0 Å². The van der Waals surface area contributed by atoms with Crippen molar-refractivity contribution >= 4 is 10.0 Å². The Morgan fingerprint density at radius 1 is 1.24 bits per heavy atom. The minimum Gasteiger partial charge on any atom is -0.486 e. The normalized spacial score (nSPS) is 14.0. The van der Waals surface area contributed by atoms with Crippen LogP contribution in [0.2, 0.25) is 0 Å². The molecule has 3 rings (SSSR count). The molecule has 25 heavy (non-hydrogen) atoms. The molecule has 0 amide bonds. The quantitative estimate of drug-likeness (QED) is 0.721. The van der Waals surface area contributed by atoms with Crippen molar-refractivity contribution in [3.05, 3.63) is 24.0 Å². The summed E-state index contributed by atoms with van der Waals surface area (Å²) in [5.74, 6) is 1.50. The molecule has 136 valence electrons. The average Bonchev–Trinajstić information content (AvgIpc) is 3.06. The van der Waals surface area contributed by atoms with Crippen molar-refractivity contribution in [3.63, 3.8) is 0 Å². The van der Waals surface area contributed by atoms with Gasteiger partial charge in [-0.3, -0.25) is 0 Å². The highest BCUT2D eigenvalue weighted by Crippen LogP contribution is 2.33. The number of unbranched alkanes of at least 4 members (excludes halogenated alkanes) is 1. The van der Waals surface area contributed by atoms with Gasteiger partial charge in [-0.1, -0.05) is 13.3 Å². The van der Waals surface area contributed by atoms with Gasteiger partial charge in [-0.2, -0.15) is 4.31 Å². The van der Waals surface area contributed by atoms with E-state index in [4.69, 9.17) is 9.47 Å². The molecule has 0 aliphatic carbocycles. The van der Waals surface area contributed by atoms with E-state index < -0.39 is 10.0 Å². The Kier molecular flexibility index (Phi) is 5.19. The van der Waals surface area contributed by atoms with E-state index in [1.807, 2.05) is 0 Å². The summed E-state index contributed by atoms with van der Waals surface area (Å²) in [5, 5.41) is 11.5. The van der Waals surface area contributed by atoms with E-state index in [-0.39, 0.29) is 11.4 Å². The molecule has 0 saturated carbocycles. The highest BCUT2D eigenvalue weighted by atomic mass is 32.2. The van der Waals surface area contributed by atoms with E-state index in [1.165, 1.54) is 23.5 Å². The van der Waals surface area contributed by atoms with Crippen LogP contribution in [0.25, 0.3) is 0 Å². The van der Waals surface area contributed by atoms with Crippen molar-refractivity contribution in [2.75, 3.05) is 20.3 Å². The van der Waals surface area contributed by atoms with Crippen LogP contribution in [-0.4, -0.2) is 53.2 Å². The summed E-state index contributed by atoms with van der Waals surface area (Å²) in [6.07, 6.45) is 1.93. The second-order valence-electron chi connectivity index (χ2n) is 5.74. The van der Waals surface area contributed by atoms with Gasteiger partial charge in [0.2, 0.25) is 10.0 Å². The highest BCUT2D eigenvalue weighted by molar-refractivity contribution is 7.89. The fourth-order valence-electron chi connectivity index (χ4n) is 2.47. The van der Waals surface area contributed by atoms with Crippen LogP contribution in [0.3, 0.4) is 0 Å². The van der Waals surface area contributed by atoms with E-state index in [2.05, 4.69) is 22.4 Å². The number of hydrogen-bond donors (Lipinski definition) is 0. The first-order valence-electron chi connectivity index (χ1n) is 8.13. The first-order valence-corrected chi connectivity index (χ1v) is 9.57. The van der Waals surface area contributed by atoms with Crippen molar-refractivity contribution in [2.45, 2.75) is 37.8 Å². The van der Waals surface area contributed by atoms with Crippen molar-refractivity contribution in [1.29, 1.82) is 0 Å². The van der Waals surface area contributed by atoms with Crippen LogP contribution in [0, 0.1) is 0 Å². The Morgan fingerprint density at radius 3 is 2.76 bits per heavy atom. The molecule has 0 N–H and O–H groups in total. The molecule has 0 atom stereocenters. The van der Waals surface area contributed by atoms with Crippen LogP contribution < -0.4 is 9.47 Å². The Morgan fingerprint density at radius 2 is 2.00 bits per heavy atom. The SMILES string of the molecule is CCCCn1nnnc1CN(C)S(=O)(=O)c1ccc2c(c1)OCCO2. The fraction of sp³-hybridized carbons (Fsp3) is 0.533. The van der Waals surface area contributed by atoms with Crippen molar-refractivity contribution in [3.8, 4) is 11.5 Å². The molecule has 1 aromatic heterocycles. The number of rotatable bonds is 7. The molecular formula is C15H21N5O4S. The molecule has 10 heteroatoms. The molecular weight excluding hydrogens is 346 g/mol. The van der Waals surface area contributed by atoms with Gasteiger partial charge < -0.3 is 9.47 Å². The number of nitrogens with zero attached hydrogens (tertiary/aromatic N) is 5. The summed E-state index contributed by atoms with van der Waals surface area (Å²) in [6, 6.07) is 4.61. The van der Waals surface area contributed by atoms with Crippen molar-refractivity contribution < 1.29 is 17.9 Å². The Labute approximate surface area is 146 Å². The molecule has 0 saturated heterocycles. The largest absolute Gasteiger partial charge is 0.486 e. The number of aryl methyl sites for hydroxylation is 1. The smallest absolute Gasteiger partial charge is 0.243 e. The number of benzene rings is 1.